The van der Waals surface area contributed by atoms with Crippen molar-refractivity contribution in [2.24, 2.45) is 0 Å². The van der Waals surface area contributed by atoms with Crippen molar-refractivity contribution in [2.75, 3.05) is 5.32 Å². The fourth-order valence-corrected chi connectivity index (χ4v) is 1.13. The van der Waals surface area contributed by atoms with E-state index in [1.165, 1.54) is 18.5 Å². The molecule has 0 radical (unpaired) electrons. The largest absolute Gasteiger partial charge is 0.480 e. The Hall–Kier alpha value is -1.62. The number of hydrogen-bond donors (Lipinski definition) is 2. The topological polar surface area (TPSA) is 75.1 Å². The van der Waals surface area contributed by atoms with Crippen molar-refractivity contribution < 1.29 is 9.90 Å². The summed E-state index contributed by atoms with van der Waals surface area (Å²) in [5, 5.41) is 11.7. The van der Waals surface area contributed by atoms with Crippen LogP contribution in [0.15, 0.2) is 25.0 Å². The molecule has 0 spiro atoms. The zero-order chi connectivity index (χ0) is 11.3. The molecule has 1 aromatic rings. The van der Waals surface area contributed by atoms with E-state index in [0.29, 0.717) is 12.2 Å². The van der Waals surface area contributed by atoms with Crippen LogP contribution in [0.5, 0.6) is 0 Å². The first-order chi connectivity index (χ1) is 7.13. The number of carboxylic acids is 1. The molecule has 5 nitrogen and oxygen atoms in total. The van der Waals surface area contributed by atoms with E-state index in [0.717, 1.165) is 0 Å². The van der Waals surface area contributed by atoms with Crippen LogP contribution >= 0.6 is 11.6 Å². The Balaban J connectivity index is 2.73. The highest BCUT2D eigenvalue weighted by molar-refractivity contribution is 6.29. The normalized spacial score (nSPS) is 11.8. The Morgan fingerprint density at radius 3 is 3.00 bits per heavy atom. The molecule has 0 fully saturated rings. The van der Waals surface area contributed by atoms with Crippen molar-refractivity contribution in [1.29, 1.82) is 0 Å². The highest BCUT2D eigenvalue weighted by atomic mass is 35.5. The second kappa shape index (κ2) is 5.31. The van der Waals surface area contributed by atoms with Crippen molar-refractivity contribution in [3.63, 3.8) is 0 Å². The molecule has 0 aliphatic rings. The maximum Gasteiger partial charge on any atom is 0.326 e. The molecular formula is C9H10ClN3O2. The van der Waals surface area contributed by atoms with Crippen LogP contribution in [-0.4, -0.2) is 27.1 Å². The number of nitrogens with one attached hydrogen (secondary N) is 1. The Morgan fingerprint density at radius 1 is 1.73 bits per heavy atom. The van der Waals surface area contributed by atoms with Gasteiger partial charge in [-0.25, -0.2) is 9.78 Å². The summed E-state index contributed by atoms with van der Waals surface area (Å²) in [5.41, 5.74) is 0. The smallest absolute Gasteiger partial charge is 0.326 e. The van der Waals surface area contributed by atoms with Gasteiger partial charge in [-0.15, -0.1) is 6.58 Å². The van der Waals surface area contributed by atoms with E-state index < -0.39 is 12.0 Å². The van der Waals surface area contributed by atoms with Gasteiger partial charge in [-0.1, -0.05) is 17.7 Å². The maximum atomic E-state index is 10.8. The molecule has 0 saturated carbocycles. The third-order valence-electron chi connectivity index (χ3n) is 1.63. The van der Waals surface area contributed by atoms with E-state index in [1.807, 2.05) is 0 Å². The van der Waals surface area contributed by atoms with Crippen LogP contribution in [-0.2, 0) is 4.79 Å². The van der Waals surface area contributed by atoms with Gasteiger partial charge in [0.25, 0.3) is 0 Å². The zero-order valence-electron chi connectivity index (χ0n) is 7.85. The lowest BCUT2D eigenvalue weighted by atomic mass is 10.2. The minimum absolute atomic E-state index is 0.211. The SMILES string of the molecule is C=CCC(Nc1cncc(Cl)n1)C(=O)O. The minimum Gasteiger partial charge on any atom is -0.480 e. The molecule has 6 heteroatoms. The Bertz CT molecular complexity index is 370. The lowest BCUT2D eigenvalue weighted by molar-refractivity contribution is -0.137. The molecule has 0 saturated heterocycles. The number of anilines is 1. The molecule has 2 N–H and O–H groups in total. The first-order valence-corrected chi connectivity index (χ1v) is 4.59. The van der Waals surface area contributed by atoms with E-state index in [2.05, 4.69) is 21.9 Å². The van der Waals surface area contributed by atoms with Gasteiger partial charge in [0.2, 0.25) is 0 Å². The standard InChI is InChI=1S/C9H10ClN3O2/c1-2-3-6(9(14)15)12-8-5-11-4-7(10)13-8/h2,4-6H,1,3H2,(H,12,13)(H,14,15). The summed E-state index contributed by atoms with van der Waals surface area (Å²) in [6, 6.07) is -0.768. The molecule has 0 aliphatic heterocycles. The van der Waals surface area contributed by atoms with Crippen LogP contribution in [0.1, 0.15) is 6.42 Å². The summed E-state index contributed by atoms with van der Waals surface area (Å²) in [7, 11) is 0. The predicted molar refractivity (Wildman–Crippen MR) is 56.9 cm³/mol. The number of aromatic nitrogens is 2. The predicted octanol–water partition coefficient (Wildman–Crippen LogP) is 1.57. The summed E-state index contributed by atoms with van der Waals surface area (Å²) in [6.45, 7) is 3.48. The molecule has 0 aromatic carbocycles. The average molecular weight is 228 g/mol. The van der Waals surface area contributed by atoms with Crippen molar-refractivity contribution in [3.8, 4) is 0 Å². The summed E-state index contributed by atoms with van der Waals surface area (Å²) < 4.78 is 0. The zero-order valence-corrected chi connectivity index (χ0v) is 8.61. The summed E-state index contributed by atoms with van der Waals surface area (Å²) in [4.78, 5) is 18.4. The lowest BCUT2D eigenvalue weighted by Gasteiger charge is -2.12. The highest BCUT2D eigenvalue weighted by Gasteiger charge is 2.15. The number of nitrogens with zero attached hydrogens (tertiary/aromatic N) is 2. The first kappa shape index (κ1) is 11.5. The first-order valence-electron chi connectivity index (χ1n) is 4.21. The average Bonchev–Trinajstić information content (AvgIpc) is 2.17. The van der Waals surface area contributed by atoms with Crippen LogP contribution in [0.25, 0.3) is 0 Å². The van der Waals surface area contributed by atoms with Gasteiger partial charge in [0, 0.05) is 0 Å². The summed E-state index contributed by atoms with van der Waals surface area (Å²) in [5.74, 6) is -0.645. The highest BCUT2D eigenvalue weighted by Crippen LogP contribution is 2.09. The number of rotatable bonds is 5. The van der Waals surface area contributed by atoms with Crippen LogP contribution < -0.4 is 5.32 Å². The van der Waals surface area contributed by atoms with Crippen LogP contribution in [0.2, 0.25) is 5.15 Å². The third kappa shape index (κ3) is 3.55. The van der Waals surface area contributed by atoms with E-state index in [9.17, 15) is 4.79 Å². The second-order valence-corrected chi connectivity index (χ2v) is 3.17. The van der Waals surface area contributed by atoms with E-state index in [-0.39, 0.29) is 5.15 Å². The van der Waals surface area contributed by atoms with Gasteiger partial charge in [-0.2, -0.15) is 0 Å². The van der Waals surface area contributed by atoms with Gasteiger partial charge < -0.3 is 10.4 Å². The number of carboxylic acid groups (broad SMARTS) is 1. The van der Waals surface area contributed by atoms with E-state index in [1.54, 1.807) is 0 Å². The number of halogens is 1. The van der Waals surface area contributed by atoms with Gasteiger partial charge in [-0.05, 0) is 6.42 Å². The Morgan fingerprint density at radius 2 is 2.47 bits per heavy atom. The molecule has 0 aliphatic carbocycles. The van der Waals surface area contributed by atoms with Crippen molar-refractivity contribution in [1.82, 2.24) is 9.97 Å². The molecule has 1 aromatic heterocycles. The number of hydrogen-bond acceptors (Lipinski definition) is 4. The molecule has 0 bridgehead atoms. The van der Waals surface area contributed by atoms with Gasteiger partial charge in [0.15, 0.2) is 0 Å². The quantitative estimate of drug-likeness (QED) is 0.747. The van der Waals surface area contributed by atoms with Crippen LogP contribution in [0.4, 0.5) is 5.82 Å². The fraction of sp³-hybridized carbons (Fsp3) is 0.222. The molecule has 15 heavy (non-hydrogen) atoms. The molecule has 1 atom stereocenters. The van der Waals surface area contributed by atoms with Crippen LogP contribution in [0, 0.1) is 0 Å². The minimum atomic E-state index is -0.975. The monoisotopic (exact) mass is 227 g/mol. The lowest BCUT2D eigenvalue weighted by Crippen LogP contribution is -2.29. The van der Waals surface area contributed by atoms with Crippen molar-refractivity contribution in [2.45, 2.75) is 12.5 Å². The molecule has 1 heterocycles. The van der Waals surface area contributed by atoms with Gasteiger partial charge >= 0.3 is 5.97 Å². The molecular weight excluding hydrogens is 218 g/mol. The Labute approximate surface area is 91.8 Å². The van der Waals surface area contributed by atoms with Gasteiger partial charge in [0.05, 0.1) is 12.4 Å². The third-order valence-corrected chi connectivity index (χ3v) is 1.81. The second-order valence-electron chi connectivity index (χ2n) is 2.79. The van der Waals surface area contributed by atoms with Gasteiger partial charge in [-0.3, -0.25) is 4.98 Å². The molecule has 0 amide bonds. The fourth-order valence-electron chi connectivity index (χ4n) is 0.978. The molecule has 1 rings (SSSR count). The summed E-state index contributed by atoms with van der Waals surface area (Å²) >= 11 is 5.60. The van der Waals surface area contributed by atoms with E-state index >= 15 is 0 Å². The van der Waals surface area contributed by atoms with Crippen molar-refractivity contribution >= 4 is 23.4 Å². The molecule has 1 unspecified atom stereocenters. The summed E-state index contributed by atoms with van der Waals surface area (Å²) in [6.07, 6.45) is 4.59. The number of carbonyl (C=O) groups is 1. The number of aliphatic carboxylic acids is 1. The van der Waals surface area contributed by atoms with Crippen LogP contribution in [0.3, 0.4) is 0 Å². The van der Waals surface area contributed by atoms with Crippen molar-refractivity contribution in [3.05, 3.63) is 30.2 Å². The Kier molecular flexibility index (Phi) is 4.05. The maximum absolute atomic E-state index is 10.8. The van der Waals surface area contributed by atoms with Gasteiger partial charge in [0.1, 0.15) is 17.0 Å². The van der Waals surface area contributed by atoms with E-state index in [4.69, 9.17) is 16.7 Å². The molecule has 80 valence electrons.